The summed E-state index contributed by atoms with van der Waals surface area (Å²) in [5, 5.41) is 9.94. The van der Waals surface area contributed by atoms with Crippen LogP contribution in [0.4, 0.5) is 4.39 Å². The van der Waals surface area contributed by atoms with Crippen molar-refractivity contribution in [3.63, 3.8) is 0 Å². The Morgan fingerprint density at radius 3 is 2.46 bits per heavy atom. The van der Waals surface area contributed by atoms with Crippen LogP contribution >= 0.6 is 23.4 Å². The molecule has 0 fully saturated rings. The third-order valence-corrected chi connectivity index (χ3v) is 5.78. The summed E-state index contributed by atoms with van der Waals surface area (Å²) in [6, 6.07) is 12.9. The second kappa shape index (κ2) is 8.50. The Hall–Kier alpha value is -2.11. The van der Waals surface area contributed by atoms with E-state index < -0.39 is 0 Å². The van der Waals surface area contributed by atoms with Crippen LogP contribution in [0.25, 0.3) is 11.4 Å². The average molecular weight is 416 g/mol. The molecular weight excluding hydrogens is 393 g/mol. The summed E-state index contributed by atoms with van der Waals surface area (Å²) in [5.74, 6) is 1.04. The van der Waals surface area contributed by atoms with Crippen molar-refractivity contribution in [1.29, 1.82) is 0 Å². The third kappa shape index (κ3) is 4.65. The lowest BCUT2D eigenvalue weighted by atomic mass is 9.87. The van der Waals surface area contributed by atoms with Crippen LogP contribution in [0.1, 0.15) is 31.9 Å². The Morgan fingerprint density at radius 2 is 1.86 bits per heavy atom. The molecule has 0 saturated carbocycles. The van der Waals surface area contributed by atoms with Crippen LogP contribution in [0.3, 0.4) is 0 Å². The molecule has 0 aliphatic carbocycles. The zero-order chi connectivity index (χ0) is 20.3. The van der Waals surface area contributed by atoms with Crippen molar-refractivity contribution in [2.45, 2.75) is 43.6 Å². The fraction of sp³-hybridized carbons (Fsp3) is 0.273. The van der Waals surface area contributed by atoms with Crippen molar-refractivity contribution < 1.29 is 4.39 Å². The Morgan fingerprint density at radius 1 is 1.14 bits per heavy atom. The first-order chi connectivity index (χ1) is 13.3. The van der Waals surface area contributed by atoms with E-state index in [4.69, 9.17) is 11.6 Å². The Labute approximate surface area is 174 Å². The van der Waals surface area contributed by atoms with Crippen LogP contribution in [-0.2, 0) is 17.7 Å². The number of benzene rings is 2. The van der Waals surface area contributed by atoms with E-state index in [1.165, 1.54) is 29.5 Å². The van der Waals surface area contributed by atoms with Crippen LogP contribution in [0.15, 0.2) is 60.3 Å². The predicted octanol–water partition coefficient (Wildman–Crippen LogP) is 6.51. The van der Waals surface area contributed by atoms with E-state index in [0.717, 1.165) is 22.1 Å². The van der Waals surface area contributed by atoms with Crippen molar-refractivity contribution in [2.75, 3.05) is 0 Å². The minimum Gasteiger partial charge on any atom is -0.298 e. The summed E-state index contributed by atoms with van der Waals surface area (Å²) in [4.78, 5) is 0. The molecule has 1 aromatic heterocycles. The lowest BCUT2D eigenvalue weighted by Gasteiger charge is -2.19. The third-order valence-electron chi connectivity index (χ3n) is 4.41. The monoisotopic (exact) mass is 415 g/mol. The molecular formula is C22H23ClFN3S. The van der Waals surface area contributed by atoms with Gasteiger partial charge in [-0.2, -0.15) is 0 Å². The summed E-state index contributed by atoms with van der Waals surface area (Å²) in [6.45, 7) is 11.0. The second-order valence-corrected chi connectivity index (χ2v) is 8.91. The minimum absolute atomic E-state index is 0.1000. The van der Waals surface area contributed by atoms with Gasteiger partial charge in [-0.3, -0.25) is 4.57 Å². The number of allylic oxidation sites excluding steroid dienone is 1. The normalized spacial score (nSPS) is 11.6. The van der Waals surface area contributed by atoms with Crippen molar-refractivity contribution in [3.8, 4) is 11.4 Å². The van der Waals surface area contributed by atoms with Crippen molar-refractivity contribution in [3.05, 3.63) is 77.1 Å². The van der Waals surface area contributed by atoms with Crippen molar-refractivity contribution >= 4 is 23.4 Å². The van der Waals surface area contributed by atoms with E-state index >= 15 is 0 Å². The van der Waals surface area contributed by atoms with Gasteiger partial charge < -0.3 is 0 Å². The molecule has 146 valence electrons. The Bertz CT molecular complexity index is 974. The first kappa shape index (κ1) is 20.6. The van der Waals surface area contributed by atoms with E-state index in [-0.39, 0.29) is 11.2 Å². The molecule has 3 rings (SSSR count). The molecule has 28 heavy (non-hydrogen) atoms. The first-order valence-corrected chi connectivity index (χ1v) is 10.4. The number of halogens is 2. The smallest absolute Gasteiger partial charge is 0.192 e. The quantitative estimate of drug-likeness (QED) is 0.339. The van der Waals surface area contributed by atoms with Gasteiger partial charge in [-0.15, -0.1) is 16.8 Å². The maximum absolute atomic E-state index is 13.2. The molecule has 0 spiro atoms. The van der Waals surface area contributed by atoms with E-state index in [2.05, 4.69) is 61.8 Å². The zero-order valence-corrected chi connectivity index (χ0v) is 17.8. The molecule has 0 saturated heterocycles. The topological polar surface area (TPSA) is 30.7 Å². The van der Waals surface area contributed by atoms with Gasteiger partial charge >= 0.3 is 0 Å². The van der Waals surface area contributed by atoms with Gasteiger partial charge in [-0.1, -0.05) is 80.5 Å². The number of hydrogen-bond acceptors (Lipinski definition) is 3. The first-order valence-electron chi connectivity index (χ1n) is 9.01. The van der Waals surface area contributed by atoms with Gasteiger partial charge in [0.2, 0.25) is 0 Å². The highest BCUT2D eigenvalue weighted by Crippen LogP contribution is 2.30. The molecule has 0 unspecified atom stereocenters. The minimum atomic E-state index is -0.338. The highest BCUT2D eigenvalue weighted by atomic mass is 35.5. The van der Waals surface area contributed by atoms with Gasteiger partial charge in [0.05, 0.1) is 0 Å². The van der Waals surface area contributed by atoms with Gasteiger partial charge in [0, 0.05) is 22.9 Å². The molecule has 3 nitrogen and oxygen atoms in total. The second-order valence-electron chi connectivity index (χ2n) is 7.56. The summed E-state index contributed by atoms with van der Waals surface area (Å²) in [7, 11) is 0. The molecule has 0 radical (unpaired) electrons. The van der Waals surface area contributed by atoms with Crippen molar-refractivity contribution in [1.82, 2.24) is 14.8 Å². The average Bonchev–Trinajstić information content (AvgIpc) is 3.03. The molecule has 3 aromatic rings. The maximum Gasteiger partial charge on any atom is 0.192 e. The largest absolute Gasteiger partial charge is 0.298 e. The van der Waals surface area contributed by atoms with E-state index in [0.29, 0.717) is 17.3 Å². The predicted molar refractivity (Wildman–Crippen MR) is 115 cm³/mol. The molecule has 0 aliphatic heterocycles. The van der Waals surface area contributed by atoms with Gasteiger partial charge in [0.15, 0.2) is 11.0 Å². The maximum atomic E-state index is 13.2. The molecule has 0 bridgehead atoms. The summed E-state index contributed by atoms with van der Waals surface area (Å²) in [5.41, 5.74) is 3.24. The van der Waals surface area contributed by atoms with E-state index in [9.17, 15) is 4.39 Å². The van der Waals surface area contributed by atoms with Crippen LogP contribution in [0, 0.1) is 5.82 Å². The number of hydrogen-bond donors (Lipinski definition) is 0. The summed E-state index contributed by atoms with van der Waals surface area (Å²) >= 11 is 7.65. The fourth-order valence-electron chi connectivity index (χ4n) is 2.80. The lowest BCUT2D eigenvalue weighted by molar-refractivity contribution is 0.590. The molecule has 2 aromatic carbocycles. The summed E-state index contributed by atoms with van der Waals surface area (Å²) < 4.78 is 15.3. The molecule has 0 atom stereocenters. The SMILES string of the molecule is C=CCn1c(SCc2ccc(F)cc2Cl)nnc1-c1ccc(C(C)(C)C)cc1. The molecule has 1 heterocycles. The zero-order valence-electron chi connectivity index (χ0n) is 16.2. The van der Waals surface area contributed by atoms with Crippen LogP contribution in [0.2, 0.25) is 5.02 Å². The highest BCUT2D eigenvalue weighted by molar-refractivity contribution is 7.98. The standard InChI is InChI=1S/C22H23ClFN3S/c1-5-12-27-20(15-6-9-17(10-7-15)22(2,3)4)25-26-21(27)28-14-16-8-11-18(24)13-19(16)23/h5-11,13H,1,12,14H2,2-4H3. The lowest BCUT2D eigenvalue weighted by Crippen LogP contribution is -2.10. The van der Waals surface area contributed by atoms with Gasteiger partial charge in [0.25, 0.3) is 0 Å². The number of nitrogens with zero attached hydrogens (tertiary/aromatic N) is 3. The Kier molecular flexibility index (Phi) is 6.26. The van der Waals surface area contributed by atoms with Gasteiger partial charge in [-0.25, -0.2) is 4.39 Å². The van der Waals surface area contributed by atoms with Gasteiger partial charge in [-0.05, 0) is 28.7 Å². The Balaban J connectivity index is 1.86. The molecule has 0 N–H and O–H groups in total. The number of thioether (sulfide) groups is 1. The number of aromatic nitrogens is 3. The number of rotatable bonds is 6. The van der Waals surface area contributed by atoms with Crippen LogP contribution in [-0.4, -0.2) is 14.8 Å². The van der Waals surface area contributed by atoms with E-state index in [1.54, 1.807) is 6.07 Å². The van der Waals surface area contributed by atoms with Crippen molar-refractivity contribution in [2.24, 2.45) is 0 Å². The summed E-state index contributed by atoms with van der Waals surface area (Å²) in [6.07, 6.45) is 1.82. The fourth-order valence-corrected chi connectivity index (χ4v) is 4.07. The molecule has 0 amide bonds. The van der Waals surface area contributed by atoms with Gasteiger partial charge in [0.1, 0.15) is 5.82 Å². The van der Waals surface area contributed by atoms with E-state index in [1.807, 2.05) is 10.6 Å². The molecule has 6 heteroatoms. The molecule has 0 aliphatic rings. The highest BCUT2D eigenvalue weighted by Gasteiger charge is 2.17. The van der Waals surface area contributed by atoms with Crippen LogP contribution in [0.5, 0.6) is 0 Å². The van der Waals surface area contributed by atoms with Crippen LogP contribution < -0.4 is 0 Å².